The zero-order valence-electron chi connectivity index (χ0n) is 30.1. The summed E-state index contributed by atoms with van der Waals surface area (Å²) in [6.07, 6.45) is -1.68. The Labute approximate surface area is 294 Å². The number of aliphatic hydroxyl groups excluding tert-OH is 1. The van der Waals surface area contributed by atoms with Crippen LogP contribution in [0.5, 0.6) is 0 Å². The summed E-state index contributed by atoms with van der Waals surface area (Å²) in [5.41, 5.74) is 5.77. The molecule has 0 aliphatic rings. The van der Waals surface area contributed by atoms with Crippen molar-refractivity contribution in [1.29, 1.82) is 0 Å². The van der Waals surface area contributed by atoms with Gasteiger partial charge in [-0.15, -0.1) is 0 Å². The summed E-state index contributed by atoms with van der Waals surface area (Å²) < 4.78 is 40.2. The second-order valence-corrected chi connectivity index (χ2v) is 13.7. The van der Waals surface area contributed by atoms with E-state index in [9.17, 15) is 42.3 Å². The summed E-state index contributed by atoms with van der Waals surface area (Å²) in [4.78, 5) is 64.8. The molecule has 0 spiro atoms. The molecule has 0 heterocycles. The van der Waals surface area contributed by atoms with Crippen LogP contribution in [-0.2, 0) is 30.4 Å². The van der Waals surface area contributed by atoms with Crippen molar-refractivity contribution in [2.75, 3.05) is 0 Å². The maximum atomic E-state index is 13.8. The maximum Gasteiger partial charge on any atom is 0.416 e. The lowest BCUT2D eigenvalue weighted by Gasteiger charge is -2.30. The average Bonchev–Trinajstić information content (AvgIpc) is 3.03. The van der Waals surface area contributed by atoms with Gasteiger partial charge in [0.2, 0.25) is 29.5 Å². The Morgan fingerprint density at radius 3 is 1.86 bits per heavy atom. The number of carbonyl (C=O) groups is 5. The van der Waals surface area contributed by atoms with E-state index in [2.05, 4.69) is 28.2 Å². The Morgan fingerprint density at radius 1 is 0.760 bits per heavy atom. The fourth-order valence-corrected chi connectivity index (χ4v) is 5.44. The smallest absolute Gasteiger partial charge is 0.382 e. The van der Waals surface area contributed by atoms with Gasteiger partial charge in [-0.1, -0.05) is 103 Å². The minimum Gasteiger partial charge on any atom is -0.382 e. The predicted molar refractivity (Wildman–Crippen MR) is 185 cm³/mol. The summed E-state index contributed by atoms with van der Waals surface area (Å²) in [6, 6.07) is 3.34. The second kappa shape index (κ2) is 22.9. The molecule has 11 nitrogen and oxygen atoms in total. The highest BCUT2D eigenvalue weighted by Gasteiger charge is 2.44. The summed E-state index contributed by atoms with van der Waals surface area (Å²) in [5, 5.41) is 20.1. The molecule has 0 aliphatic carbocycles. The van der Waals surface area contributed by atoms with Gasteiger partial charge >= 0.3 is 6.18 Å². The third-order valence-electron chi connectivity index (χ3n) is 8.27. The number of rotatable bonds is 24. The van der Waals surface area contributed by atoms with Crippen molar-refractivity contribution in [3.63, 3.8) is 0 Å². The molecule has 0 bridgehead atoms. The van der Waals surface area contributed by atoms with Crippen LogP contribution < -0.4 is 27.0 Å². The molecule has 5 atom stereocenters. The van der Waals surface area contributed by atoms with Crippen LogP contribution in [0.15, 0.2) is 30.3 Å². The largest absolute Gasteiger partial charge is 0.416 e. The molecule has 5 amide bonds. The van der Waals surface area contributed by atoms with Gasteiger partial charge in [0.1, 0.15) is 18.1 Å². The monoisotopic (exact) mass is 713 g/mol. The van der Waals surface area contributed by atoms with Crippen LogP contribution in [0.3, 0.4) is 0 Å². The van der Waals surface area contributed by atoms with E-state index in [-0.39, 0.29) is 37.0 Å². The lowest BCUT2D eigenvalue weighted by atomic mass is 9.98. The number of hydrogen-bond acceptors (Lipinski definition) is 6. The molecule has 1 rings (SSSR count). The zero-order valence-corrected chi connectivity index (χ0v) is 30.1. The van der Waals surface area contributed by atoms with Gasteiger partial charge in [0.25, 0.3) is 0 Å². The predicted octanol–water partition coefficient (Wildman–Crippen LogP) is 4.20. The first kappa shape index (κ1) is 44.3. The first-order valence-electron chi connectivity index (χ1n) is 17.7. The Kier molecular flexibility index (Phi) is 20.3. The molecule has 1 aromatic rings. The minimum absolute atomic E-state index is 0.0114. The van der Waals surface area contributed by atoms with Gasteiger partial charge in [0.05, 0.1) is 6.04 Å². The lowest BCUT2D eigenvalue weighted by Crippen LogP contribution is -2.60. The molecule has 14 heteroatoms. The number of hydrogen-bond donors (Lipinski definition) is 6. The summed E-state index contributed by atoms with van der Waals surface area (Å²) >= 11 is 0. The van der Waals surface area contributed by atoms with E-state index in [4.69, 9.17) is 5.73 Å². The number of aliphatic hydroxyl groups is 1. The van der Waals surface area contributed by atoms with E-state index in [1.807, 2.05) is 0 Å². The number of primary amides is 1. The molecular formula is C36H58F3N5O6. The standard InChI is InChI=1S/C36H58F3N5O6/c1-6-7-8-9-10-11-15-18-30(46)44-31(24(4)5)35(50)43-28(22-25-16-13-12-14-17-25)34(49)42-27(21-23(2)3)33(48)41-26(19-20-29(40)45)32(47)36(37,38)39/h12-14,16-17,23-24,26-28,31-32,47H,6-11,15,18-22H2,1-5H3,(H2,40,45)(H,41,48)(H,42,49)(H,43,50)(H,44,46)/t26?,27-,28-,31-,32?/m0/s1. The minimum atomic E-state index is -5.10. The molecule has 2 unspecified atom stereocenters. The number of carbonyl (C=O) groups excluding carboxylic acids is 5. The van der Waals surface area contributed by atoms with Crippen LogP contribution in [0.4, 0.5) is 13.2 Å². The number of unbranched alkanes of at least 4 members (excludes halogenated alkanes) is 6. The van der Waals surface area contributed by atoms with Crippen LogP contribution in [0.1, 0.15) is 111 Å². The van der Waals surface area contributed by atoms with Crippen LogP contribution in [0.2, 0.25) is 0 Å². The van der Waals surface area contributed by atoms with E-state index < -0.39 is 72.9 Å². The maximum absolute atomic E-state index is 13.8. The number of benzene rings is 1. The normalized spacial score (nSPS) is 14.7. The topological polar surface area (TPSA) is 180 Å². The highest BCUT2D eigenvalue weighted by molar-refractivity contribution is 5.94. The number of amides is 5. The third-order valence-corrected chi connectivity index (χ3v) is 8.27. The quantitative estimate of drug-likeness (QED) is 0.0875. The first-order valence-corrected chi connectivity index (χ1v) is 17.7. The number of nitrogens with one attached hydrogen (secondary N) is 4. The van der Waals surface area contributed by atoms with E-state index in [1.165, 1.54) is 6.42 Å². The molecule has 0 saturated heterocycles. The summed E-state index contributed by atoms with van der Waals surface area (Å²) in [5.74, 6) is -4.12. The Balaban J connectivity index is 3.16. The van der Waals surface area contributed by atoms with Crippen molar-refractivity contribution in [3.05, 3.63) is 35.9 Å². The van der Waals surface area contributed by atoms with E-state index in [0.29, 0.717) is 12.0 Å². The van der Waals surface area contributed by atoms with Crippen molar-refractivity contribution in [2.45, 2.75) is 148 Å². The molecule has 0 aliphatic heterocycles. The molecule has 0 saturated carbocycles. The Bertz CT molecular complexity index is 1200. The molecule has 0 aromatic heterocycles. The van der Waals surface area contributed by atoms with Crippen LogP contribution in [0, 0.1) is 11.8 Å². The highest BCUT2D eigenvalue weighted by atomic mass is 19.4. The second-order valence-electron chi connectivity index (χ2n) is 13.7. The van der Waals surface area contributed by atoms with Gasteiger partial charge in [0, 0.05) is 19.3 Å². The fourth-order valence-electron chi connectivity index (χ4n) is 5.44. The van der Waals surface area contributed by atoms with Crippen molar-refractivity contribution in [2.24, 2.45) is 17.6 Å². The van der Waals surface area contributed by atoms with Gasteiger partial charge in [-0.05, 0) is 36.7 Å². The third kappa shape index (κ3) is 17.8. The molecule has 0 fully saturated rings. The van der Waals surface area contributed by atoms with Gasteiger partial charge in [-0.2, -0.15) is 13.2 Å². The zero-order chi connectivity index (χ0) is 37.9. The van der Waals surface area contributed by atoms with Crippen molar-refractivity contribution in [1.82, 2.24) is 21.3 Å². The van der Waals surface area contributed by atoms with Gasteiger partial charge < -0.3 is 32.1 Å². The molecule has 284 valence electrons. The lowest BCUT2D eigenvalue weighted by molar-refractivity contribution is -0.212. The molecule has 0 radical (unpaired) electrons. The van der Waals surface area contributed by atoms with E-state index in [0.717, 1.165) is 32.1 Å². The van der Waals surface area contributed by atoms with Gasteiger partial charge in [-0.3, -0.25) is 24.0 Å². The summed E-state index contributed by atoms with van der Waals surface area (Å²) in [7, 11) is 0. The molecule has 1 aromatic carbocycles. The van der Waals surface area contributed by atoms with Crippen LogP contribution in [0.25, 0.3) is 0 Å². The van der Waals surface area contributed by atoms with Crippen LogP contribution >= 0.6 is 0 Å². The highest BCUT2D eigenvalue weighted by Crippen LogP contribution is 2.24. The van der Waals surface area contributed by atoms with Gasteiger partial charge in [0.15, 0.2) is 6.10 Å². The molecular weight excluding hydrogens is 655 g/mol. The first-order chi connectivity index (χ1) is 23.5. The van der Waals surface area contributed by atoms with E-state index >= 15 is 0 Å². The van der Waals surface area contributed by atoms with Gasteiger partial charge in [-0.25, -0.2) is 0 Å². The van der Waals surface area contributed by atoms with Crippen LogP contribution in [-0.4, -0.2) is 71.1 Å². The Hall–Kier alpha value is -3.68. The summed E-state index contributed by atoms with van der Waals surface area (Å²) in [6.45, 7) is 9.16. The Morgan fingerprint density at radius 2 is 1.32 bits per heavy atom. The van der Waals surface area contributed by atoms with Crippen molar-refractivity contribution >= 4 is 29.5 Å². The van der Waals surface area contributed by atoms with Crippen molar-refractivity contribution < 1.29 is 42.3 Å². The SMILES string of the molecule is CCCCCCCCCC(=O)N[C@H](C(=O)N[C@@H](Cc1ccccc1)C(=O)N[C@@H](CC(C)C)C(=O)NC(CCC(N)=O)C(O)C(F)(F)F)C(C)C. The number of halogens is 3. The number of nitrogens with two attached hydrogens (primary N) is 1. The molecule has 50 heavy (non-hydrogen) atoms. The average molecular weight is 714 g/mol. The fraction of sp³-hybridized carbons (Fsp3) is 0.694. The number of alkyl halides is 3. The van der Waals surface area contributed by atoms with E-state index in [1.54, 1.807) is 58.0 Å². The van der Waals surface area contributed by atoms with Crippen molar-refractivity contribution in [3.8, 4) is 0 Å². The molecule has 7 N–H and O–H groups in total.